The van der Waals surface area contributed by atoms with E-state index in [9.17, 15) is 9.90 Å². The predicted molar refractivity (Wildman–Crippen MR) is 83.0 cm³/mol. The molecule has 3 fully saturated rings. The minimum absolute atomic E-state index is 0.00465. The third-order valence-electron chi connectivity index (χ3n) is 5.74. The van der Waals surface area contributed by atoms with Crippen LogP contribution in [-0.4, -0.2) is 47.2 Å². The minimum Gasteiger partial charge on any atom is -0.391 e. The van der Waals surface area contributed by atoms with Crippen molar-refractivity contribution in [3.05, 3.63) is 0 Å². The van der Waals surface area contributed by atoms with E-state index in [-0.39, 0.29) is 24.0 Å². The SMILES string of the molecule is O=C(NC1CCCCC1O)C1CCN(C2CCCCC2)C1. The summed E-state index contributed by atoms with van der Waals surface area (Å²) < 4.78 is 0. The van der Waals surface area contributed by atoms with Crippen molar-refractivity contribution in [1.82, 2.24) is 10.2 Å². The largest absolute Gasteiger partial charge is 0.391 e. The van der Waals surface area contributed by atoms with E-state index in [0.717, 1.165) is 51.2 Å². The summed E-state index contributed by atoms with van der Waals surface area (Å²) >= 11 is 0. The van der Waals surface area contributed by atoms with E-state index >= 15 is 0 Å². The van der Waals surface area contributed by atoms with Gasteiger partial charge >= 0.3 is 0 Å². The van der Waals surface area contributed by atoms with Gasteiger partial charge < -0.3 is 10.4 Å². The second-order valence-corrected chi connectivity index (χ2v) is 7.24. The van der Waals surface area contributed by atoms with Crippen molar-refractivity contribution in [3.8, 4) is 0 Å². The molecule has 0 aromatic carbocycles. The highest BCUT2D eigenvalue weighted by atomic mass is 16.3. The van der Waals surface area contributed by atoms with E-state index < -0.39 is 0 Å². The van der Waals surface area contributed by atoms with Gasteiger partial charge in [-0.2, -0.15) is 0 Å². The monoisotopic (exact) mass is 294 g/mol. The van der Waals surface area contributed by atoms with Crippen LogP contribution in [0.3, 0.4) is 0 Å². The number of nitrogens with zero attached hydrogens (tertiary/aromatic N) is 1. The Hall–Kier alpha value is -0.610. The fourth-order valence-electron chi connectivity index (χ4n) is 4.36. The molecule has 4 heteroatoms. The van der Waals surface area contributed by atoms with Crippen LogP contribution in [0.2, 0.25) is 0 Å². The molecule has 0 aromatic rings. The van der Waals surface area contributed by atoms with Gasteiger partial charge in [-0.1, -0.05) is 32.1 Å². The summed E-state index contributed by atoms with van der Waals surface area (Å²) in [6, 6.07) is 0.715. The number of rotatable bonds is 3. The van der Waals surface area contributed by atoms with Crippen LogP contribution in [0.5, 0.6) is 0 Å². The van der Waals surface area contributed by atoms with Crippen molar-refractivity contribution in [3.63, 3.8) is 0 Å². The summed E-state index contributed by atoms with van der Waals surface area (Å²) in [5.74, 6) is 0.320. The average molecular weight is 294 g/mol. The van der Waals surface area contributed by atoms with Crippen molar-refractivity contribution in [2.24, 2.45) is 5.92 Å². The van der Waals surface area contributed by atoms with Crippen molar-refractivity contribution in [2.75, 3.05) is 13.1 Å². The third-order valence-corrected chi connectivity index (χ3v) is 5.74. The Bertz CT molecular complexity index is 355. The number of carbonyl (C=O) groups is 1. The second-order valence-electron chi connectivity index (χ2n) is 7.24. The molecule has 3 rings (SSSR count). The zero-order valence-electron chi connectivity index (χ0n) is 13.1. The molecular weight excluding hydrogens is 264 g/mol. The molecule has 0 spiro atoms. The number of carbonyl (C=O) groups excluding carboxylic acids is 1. The second kappa shape index (κ2) is 7.10. The van der Waals surface area contributed by atoms with Crippen LogP contribution in [-0.2, 0) is 4.79 Å². The molecule has 21 heavy (non-hydrogen) atoms. The van der Waals surface area contributed by atoms with E-state index in [2.05, 4.69) is 10.2 Å². The van der Waals surface area contributed by atoms with Gasteiger partial charge in [-0.15, -0.1) is 0 Å². The summed E-state index contributed by atoms with van der Waals surface area (Å²) in [6.07, 6.45) is 11.4. The molecule has 3 atom stereocenters. The van der Waals surface area contributed by atoms with Crippen molar-refractivity contribution in [1.29, 1.82) is 0 Å². The number of amides is 1. The predicted octanol–water partition coefficient (Wildman–Crippen LogP) is 2.06. The molecule has 0 radical (unpaired) electrons. The zero-order chi connectivity index (χ0) is 14.7. The summed E-state index contributed by atoms with van der Waals surface area (Å²) in [7, 11) is 0. The summed E-state index contributed by atoms with van der Waals surface area (Å²) in [4.78, 5) is 15.0. The highest BCUT2D eigenvalue weighted by molar-refractivity contribution is 5.79. The van der Waals surface area contributed by atoms with Gasteiger partial charge in [-0.25, -0.2) is 0 Å². The number of hydrogen-bond donors (Lipinski definition) is 2. The Morgan fingerprint density at radius 1 is 0.952 bits per heavy atom. The number of aliphatic hydroxyl groups excluding tert-OH is 1. The summed E-state index contributed by atoms with van der Waals surface area (Å²) in [5, 5.41) is 13.1. The van der Waals surface area contributed by atoms with Gasteiger partial charge in [0.25, 0.3) is 0 Å². The molecular formula is C17H30N2O2. The van der Waals surface area contributed by atoms with Crippen LogP contribution in [0.4, 0.5) is 0 Å². The topological polar surface area (TPSA) is 52.6 Å². The number of nitrogens with one attached hydrogen (secondary N) is 1. The first-order valence-corrected chi connectivity index (χ1v) is 8.96. The van der Waals surface area contributed by atoms with Crippen molar-refractivity contribution >= 4 is 5.91 Å². The molecule has 120 valence electrons. The maximum absolute atomic E-state index is 12.4. The molecule has 3 aliphatic rings. The summed E-state index contributed by atoms with van der Waals surface area (Å²) in [6.45, 7) is 2.01. The van der Waals surface area contributed by atoms with E-state index in [0.29, 0.717) is 0 Å². The zero-order valence-corrected chi connectivity index (χ0v) is 13.1. The molecule has 2 aliphatic carbocycles. The molecule has 1 amide bonds. The number of aliphatic hydroxyl groups is 1. The van der Waals surface area contributed by atoms with Gasteiger partial charge in [-0.05, 0) is 38.6 Å². The Morgan fingerprint density at radius 3 is 2.43 bits per heavy atom. The van der Waals surface area contributed by atoms with Gasteiger partial charge in [0.2, 0.25) is 5.91 Å². The maximum Gasteiger partial charge on any atom is 0.224 e. The lowest BCUT2D eigenvalue weighted by Crippen LogP contribution is -2.47. The van der Waals surface area contributed by atoms with Gasteiger partial charge in [0.15, 0.2) is 0 Å². The molecule has 0 aromatic heterocycles. The number of likely N-dealkylation sites (tertiary alicyclic amines) is 1. The number of hydrogen-bond acceptors (Lipinski definition) is 3. The van der Waals surface area contributed by atoms with Crippen LogP contribution in [0.15, 0.2) is 0 Å². The molecule has 0 bridgehead atoms. The van der Waals surface area contributed by atoms with Gasteiger partial charge in [0.1, 0.15) is 0 Å². The highest BCUT2D eigenvalue weighted by Gasteiger charge is 2.34. The van der Waals surface area contributed by atoms with Crippen LogP contribution in [0.1, 0.15) is 64.2 Å². The van der Waals surface area contributed by atoms with Gasteiger partial charge in [0, 0.05) is 12.6 Å². The first-order valence-electron chi connectivity index (χ1n) is 8.96. The molecule has 1 heterocycles. The maximum atomic E-state index is 12.4. The molecule has 2 N–H and O–H groups in total. The summed E-state index contributed by atoms with van der Waals surface area (Å²) in [5.41, 5.74) is 0. The van der Waals surface area contributed by atoms with Crippen LogP contribution in [0.25, 0.3) is 0 Å². The lowest BCUT2D eigenvalue weighted by atomic mass is 9.92. The van der Waals surface area contributed by atoms with E-state index in [4.69, 9.17) is 0 Å². The van der Waals surface area contributed by atoms with E-state index in [1.165, 1.54) is 32.1 Å². The molecule has 4 nitrogen and oxygen atoms in total. The van der Waals surface area contributed by atoms with Crippen LogP contribution < -0.4 is 5.32 Å². The quantitative estimate of drug-likeness (QED) is 0.838. The van der Waals surface area contributed by atoms with Gasteiger partial charge in [-0.3, -0.25) is 9.69 Å². The molecule has 1 aliphatic heterocycles. The molecule has 1 saturated heterocycles. The lowest BCUT2D eigenvalue weighted by Gasteiger charge is -2.31. The Balaban J connectivity index is 1.47. The first-order chi connectivity index (χ1) is 10.2. The third kappa shape index (κ3) is 3.78. The van der Waals surface area contributed by atoms with Gasteiger partial charge in [0.05, 0.1) is 18.1 Å². The Labute approximate surface area is 128 Å². The standard InChI is InChI=1S/C17H30N2O2/c20-16-9-5-4-8-15(16)18-17(21)13-10-11-19(12-13)14-6-2-1-3-7-14/h13-16,20H,1-12H2,(H,18,21). The fraction of sp³-hybridized carbons (Fsp3) is 0.941. The molecule has 3 unspecified atom stereocenters. The van der Waals surface area contributed by atoms with E-state index in [1.807, 2.05) is 0 Å². The van der Waals surface area contributed by atoms with Crippen LogP contribution >= 0.6 is 0 Å². The average Bonchev–Trinajstić information content (AvgIpc) is 3.00. The smallest absolute Gasteiger partial charge is 0.224 e. The fourth-order valence-corrected chi connectivity index (χ4v) is 4.36. The lowest BCUT2D eigenvalue weighted by molar-refractivity contribution is -0.126. The highest BCUT2D eigenvalue weighted by Crippen LogP contribution is 2.28. The Kier molecular flexibility index (Phi) is 5.17. The van der Waals surface area contributed by atoms with Crippen molar-refractivity contribution in [2.45, 2.75) is 82.4 Å². The normalized spacial score (nSPS) is 35.8. The van der Waals surface area contributed by atoms with Crippen molar-refractivity contribution < 1.29 is 9.90 Å². The first kappa shape index (κ1) is 15.3. The minimum atomic E-state index is -0.335. The Morgan fingerprint density at radius 2 is 1.67 bits per heavy atom. The van der Waals surface area contributed by atoms with Crippen LogP contribution in [0, 0.1) is 5.92 Å². The molecule has 2 saturated carbocycles. The van der Waals surface area contributed by atoms with E-state index in [1.54, 1.807) is 0 Å².